The van der Waals surface area contributed by atoms with Crippen molar-refractivity contribution in [2.75, 3.05) is 7.11 Å². The summed E-state index contributed by atoms with van der Waals surface area (Å²) in [6.45, 7) is 0. The van der Waals surface area contributed by atoms with Crippen LogP contribution in [0.3, 0.4) is 0 Å². The summed E-state index contributed by atoms with van der Waals surface area (Å²) in [5.74, 6) is 1.13. The fourth-order valence-electron chi connectivity index (χ4n) is 3.82. The van der Waals surface area contributed by atoms with Crippen molar-refractivity contribution in [2.45, 2.75) is 30.2 Å². The van der Waals surface area contributed by atoms with E-state index in [1.54, 1.807) is 41.3 Å². The summed E-state index contributed by atoms with van der Waals surface area (Å²) in [7, 11) is 1.59. The van der Waals surface area contributed by atoms with Crippen LogP contribution in [0.1, 0.15) is 22.6 Å². The molecule has 4 aromatic rings. The number of thioether (sulfide) groups is 1. The highest BCUT2D eigenvalue weighted by molar-refractivity contribution is 7.98. The summed E-state index contributed by atoms with van der Waals surface area (Å²) < 4.78 is 7.17. The SMILES string of the molecule is COc1ccccc1-n1c(SCc2ncccc2O)nc2sc3c(c2c1=O)CCC3. The van der Waals surface area contributed by atoms with Crippen LogP contribution in [-0.2, 0) is 18.6 Å². The highest BCUT2D eigenvalue weighted by Crippen LogP contribution is 2.37. The number of aryl methyl sites for hydroxylation is 2. The highest BCUT2D eigenvalue weighted by Gasteiger charge is 2.25. The lowest BCUT2D eigenvalue weighted by atomic mass is 10.2. The van der Waals surface area contributed by atoms with Crippen molar-refractivity contribution in [3.05, 3.63) is 69.1 Å². The molecule has 0 fully saturated rings. The molecule has 1 N–H and O–H groups in total. The summed E-state index contributed by atoms with van der Waals surface area (Å²) in [6, 6.07) is 10.8. The number of ether oxygens (including phenoxy) is 1. The minimum Gasteiger partial charge on any atom is -0.506 e. The molecule has 6 nitrogen and oxygen atoms in total. The molecular formula is C22H19N3O3S2. The summed E-state index contributed by atoms with van der Waals surface area (Å²) in [5, 5.41) is 11.4. The number of thiophene rings is 1. The van der Waals surface area contributed by atoms with Crippen LogP contribution in [0.15, 0.2) is 52.5 Å². The van der Waals surface area contributed by atoms with Gasteiger partial charge in [-0.15, -0.1) is 11.3 Å². The number of aromatic hydroxyl groups is 1. The second-order valence-corrected chi connectivity index (χ2v) is 9.03. The quantitative estimate of drug-likeness (QED) is 0.370. The van der Waals surface area contributed by atoms with Crippen molar-refractivity contribution < 1.29 is 9.84 Å². The number of rotatable bonds is 5. The number of aromatic nitrogens is 3. The Labute approximate surface area is 181 Å². The molecule has 0 bridgehead atoms. The van der Waals surface area contributed by atoms with Gasteiger partial charge in [0.25, 0.3) is 5.56 Å². The maximum atomic E-state index is 13.7. The number of fused-ring (bicyclic) bond motifs is 3. The van der Waals surface area contributed by atoms with Crippen molar-refractivity contribution in [1.29, 1.82) is 0 Å². The molecule has 0 aliphatic heterocycles. The molecule has 152 valence electrons. The molecule has 0 atom stereocenters. The second kappa shape index (κ2) is 7.77. The van der Waals surface area contributed by atoms with E-state index in [-0.39, 0.29) is 11.3 Å². The Morgan fingerprint density at radius 2 is 2.10 bits per heavy atom. The fourth-order valence-corrected chi connectivity index (χ4v) is 6.09. The van der Waals surface area contributed by atoms with Crippen molar-refractivity contribution in [3.63, 3.8) is 0 Å². The molecule has 1 aromatic carbocycles. The lowest BCUT2D eigenvalue weighted by molar-refractivity contribution is 0.411. The topological polar surface area (TPSA) is 77.2 Å². The van der Waals surface area contributed by atoms with Crippen molar-refractivity contribution in [3.8, 4) is 17.2 Å². The zero-order chi connectivity index (χ0) is 20.7. The Balaban J connectivity index is 1.70. The van der Waals surface area contributed by atoms with Crippen LogP contribution in [0.5, 0.6) is 11.5 Å². The van der Waals surface area contributed by atoms with Gasteiger partial charge in [0.05, 0.1) is 23.9 Å². The van der Waals surface area contributed by atoms with Gasteiger partial charge < -0.3 is 9.84 Å². The van der Waals surface area contributed by atoms with Crippen molar-refractivity contribution in [1.82, 2.24) is 14.5 Å². The molecule has 0 radical (unpaired) electrons. The molecule has 1 aliphatic rings. The molecule has 5 rings (SSSR count). The lowest BCUT2D eigenvalue weighted by Crippen LogP contribution is -2.22. The molecule has 0 saturated heterocycles. The van der Waals surface area contributed by atoms with Crippen LogP contribution >= 0.6 is 23.1 Å². The first-order valence-electron chi connectivity index (χ1n) is 9.63. The van der Waals surface area contributed by atoms with Gasteiger partial charge >= 0.3 is 0 Å². The van der Waals surface area contributed by atoms with E-state index in [0.29, 0.717) is 28.0 Å². The normalized spacial score (nSPS) is 13.0. The summed E-state index contributed by atoms with van der Waals surface area (Å²) in [4.78, 5) is 24.9. The maximum absolute atomic E-state index is 13.7. The Bertz CT molecular complexity index is 1310. The van der Waals surface area contributed by atoms with Gasteiger partial charge in [-0.3, -0.25) is 14.3 Å². The zero-order valence-electron chi connectivity index (χ0n) is 16.3. The van der Waals surface area contributed by atoms with Gasteiger partial charge in [0, 0.05) is 16.8 Å². The molecular weight excluding hydrogens is 418 g/mol. The van der Waals surface area contributed by atoms with E-state index >= 15 is 0 Å². The van der Waals surface area contributed by atoms with Gasteiger partial charge in [-0.05, 0) is 49.1 Å². The average Bonchev–Trinajstić information content (AvgIpc) is 3.34. The van der Waals surface area contributed by atoms with Crippen LogP contribution in [0.25, 0.3) is 15.9 Å². The van der Waals surface area contributed by atoms with Gasteiger partial charge in [-0.25, -0.2) is 4.98 Å². The van der Waals surface area contributed by atoms with Crippen molar-refractivity contribution in [2.24, 2.45) is 0 Å². The smallest absolute Gasteiger partial charge is 0.267 e. The van der Waals surface area contributed by atoms with Gasteiger partial charge in [-0.2, -0.15) is 0 Å². The number of hydrogen-bond acceptors (Lipinski definition) is 7. The standard InChI is InChI=1S/C22H19N3O3S2/c1-28-17-9-3-2-7-15(17)25-21(27)19-13-6-4-10-18(13)30-20(19)24-22(25)29-12-14-16(26)8-5-11-23-14/h2-3,5,7-9,11,26H,4,6,10,12H2,1H3. The fraction of sp³-hybridized carbons (Fsp3) is 0.227. The number of hydrogen-bond donors (Lipinski definition) is 1. The van der Waals surface area contributed by atoms with E-state index in [1.807, 2.05) is 24.3 Å². The van der Waals surface area contributed by atoms with E-state index in [9.17, 15) is 9.90 Å². The summed E-state index contributed by atoms with van der Waals surface area (Å²) in [5.41, 5.74) is 2.29. The Morgan fingerprint density at radius 3 is 2.93 bits per heavy atom. The molecule has 8 heteroatoms. The molecule has 0 amide bonds. The summed E-state index contributed by atoms with van der Waals surface area (Å²) >= 11 is 3.00. The first kappa shape index (κ1) is 19.1. The van der Waals surface area contributed by atoms with Gasteiger partial charge in [0.1, 0.15) is 16.3 Å². The molecule has 3 heterocycles. The Hall–Kier alpha value is -2.84. The van der Waals surface area contributed by atoms with Gasteiger partial charge in [-0.1, -0.05) is 23.9 Å². The Morgan fingerprint density at radius 1 is 1.23 bits per heavy atom. The molecule has 0 spiro atoms. The highest BCUT2D eigenvalue weighted by atomic mass is 32.2. The van der Waals surface area contributed by atoms with E-state index in [0.717, 1.165) is 35.0 Å². The van der Waals surface area contributed by atoms with E-state index in [4.69, 9.17) is 9.72 Å². The van der Waals surface area contributed by atoms with Crippen LogP contribution in [-0.4, -0.2) is 26.8 Å². The molecule has 0 saturated carbocycles. The third kappa shape index (κ3) is 3.16. The molecule has 0 unspecified atom stereocenters. The minimum atomic E-state index is -0.0726. The number of pyridine rings is 1. The summed E-state index contributed by atoms with van der Waals surface area (Å²) in [6.07, 6.45) is 4.66. The Kier molecular flexibility index (Phi) is 4.96. The third-order valence-corrected chi connectivity index (χ3v) is 7.37. The monoisotopic (exact) mass is 437 g/mol. The minimum absolute atomic E-state index is 0.0726. The van der Waals surface area contributed by atoms with Crippen LogP contribution in [0, 0.1) is 0 Å². The molecule has 30 heavy (non-hydrogen) atoms. The largest absolute Gasteiger partial charge is 0.506 e. The lowest BCUT2D eigenvalue weighted by Gasteiger charge is -2.15. The maximum Gasteiger partial charge on any atom is 0.267 e. The van der Waals surface area contributed by atoms with Crippen LogP contribution < -0.4 is 10.3 Å². The molecule has 1 aliphatic carbocycles. The zero-order valence-corrected chi connectivity index (χ0v) is 17.9. The number of benzene rings is 1. The van der Waals surface area contributed by atoms with E-state index in [1.165, 1.54) is 16.6 Å². The first-order chi connectivity index (χ1) is 14.7. The predicted molar refractivity (Wildman–Crippen MR) is 119 cm³/mol. The van der Waals surface area contributed by atoms with Gasteiger partial charge in [0.2, 0.25) is 0 Å². The van der Waals surface area contributed by atoms with E-state index < -0.39 is 0 Å². The first-order valence-corrected chi connectivity index (χ1v) is 11.4. The predicted octanol–water partition coefficient (Wildman–Crippen LogP) is 4.34. The van der Waals surface area contributed by atoms with Crippen LogP contribution in [0.4, 0.5) is 0 Å². The average molecular weight is 438 g/mol. The van der Waals surface area contributed by atoms with E-state index in [2.05, 4.69) is 4.98 Å². The third-order valence-electron chi connectivity index (χ3n) is 5.24. The van der Waals surface area contributed by atoms with Crippen molar-refractivity contribution >= 4 is 33.3 Å². The second-order valence-electron chi connectivity index (χ2n) is 7.00. The number of nitrogens with zero attached hydrogens (tertiary/aromatic N) is 3. The van der Waals surface area contributed by atoms with Gasteiger partial charge in [0.15, 0.2) is 5.16 Å². The molecule has 3 aromatic heterocycles. The number of methoxy groups -OCH3 is 1. The number of para-hydroxylation sites is 2. The van der Waals surface area contributed by atoms with Crippen LogP contribution in [0.2, 0.25) is 0 Å².